The third-order valence-corrected chi connectivity index (χ3v) is 3.20. The molecule has 0 saturated heterocycles. The highest BCUT2D eigenvalue weighted by Crippen LogP contribution is 2.15. The van der Waals surface area contributed by atoms with Crippen molar-refractivity contribution in [2.24, 2.45) is 0 Å². The Morgan fingerprint density at radius 2 is 1.89 bits per heavy atom. The molecule has 1 heterocycles. The van der Waals surface area contributed by atoms with Crippen molar-refractivity contribution >= 4 is 5.91 Å². The molecule has 1 aromatic heterocycles. The summed E-state index contributed by atoms with van der Waals surface area (Å²) in [5, 5.41) is 2.93. The molecule has 0 aliphatic rings. The van der Waals surface area contributed by atoms with E-state index in [4.69, 9.17) is 4.42 Å². The second kappa shape index (κ2) is 5.74. The van der Waals surface area contributed by atoms with E-state index in [9.17, 15) is 4.79 Å². The molecule has 3 nitrogen and oxygen atoms in total. The molecule has 2 aromatic rings. The fraction of sp³-hybridized carbons (Fsp3) is 0.312. The summed E-state index contributed by atoms with van der Waals surface area (Å²) in [6, 6.07) is 11.7. The largest absolute Gasteiger partial charge is 0.456 e. The summed E-state index contributed by atoms with van der Waals surface area (Å²) < 4.78 is 5.31. The lowest BCUT2D eigenvalue weighted by Gasteiger charge is -2.13. The maximum absolute atomic E-state index is 12.0. The van der Waals surface area contributed by atoms with Gasteiger partial charge < -0.3 is 9.73 Å². The lowest BCUT2D eigenvalue weighted by atomic mass is 10.0. The van der Waals surface area contributed by atoms with Gasteiger partial charge in [0, 0.05) is 0 Å². The first kappa shape index (κ1) is 13.4. The number of aryl methyl sites for hydroxylation is 2. The quantitative estimate of drug-likeness (QED) is 0.908. The normalized spacial score (nSPS) is 12.2. The average molecular weight is 257 g/mol. The fourth-order valence-electron chi connectivity index (χ4n) is 1.95. The van der Waals surface area contributed by atoms with Crippen LogP contribution in [0.3, 0.4) is 0 Å². The number of hydrogen-bond donors (Lipinski definition) is 1. The van der Waals surface area contributed by atoms with Crippen LogP contribution in [0, 0.1) is 6.92 Å². The van der Waals surface area contributed by atoms with Crippen molar-refractivity contribution in [3.05, 3.63) is 59.0 Å². The minimum Gasteiger partial charge on any atom is -0.456 e. The lowest BCUT2D eigenvalue weighted by Crippen LogP contribution is -2.26. The van der Waals surface area contributed by atoms with Gasteiger partial charge in [0.05, 0.1) is 6.04 Å². The van der Waals surface area contributed by atoms with Crippen molar-refractivity contribution in [1.29, 1.82) is 0 Å². The SMILES string of the molecule is CCc1ccc(C(C)NC(=O)c2ccc(C)o2)cc1. The van der Waals surface area contributed by atoms with E-state index in [1.54, 1.807) is 12.1 Å². The molecule has 0 fully saturated rings. The number of nitrogens with one attached hydrogen (secondary N) is 1. The standard InChI is InChI=1S/C16H19NO2/c1-4-13-6-8-14(9-7-13)12(3)17-16(18)15-10-5-11(2)19-15/h5-10,12H,4H2,1-3H3,(H,17,18). The van der Waals surface area contributed by atoms with Crippen molar-refractivity contribution in [2.45, 2.75) is 33.2 Å². The second-order valence-electron chi connectivity index (χ2n) is 4.70. The van der Waals surface area contributed by atoms with Gasteiger partial charge in [0.1, 0.15) is 5.76 Å². The van der Waals surface area contributed by atoms with E-state index in [1.807, 2.05) is 13.8 Å². The molecule has 1 unspecified atom stereocenters. The van der Waals surface area contributed by atoms with Crippen LogP contribution in [0.5, 0.6) is 0 Å². The molecule has 0 aliphatic heterocycles. The Morgan fingerprint density at radius 3 is 2.42 bits per heavy atom. The van der Waals surface area contributed by atoms with Gasteiger partial charge in [-0.2, -0.15) is 0 Å². The van der Waals surface area contributed by atoms with E-state index in [1.165, 1.54) is 5.56 Å². The van der Waals surface area contributed by atoms with Gasteiger partial charge in [-0.25, -0.2) is 0 Å². The number of carbonyl (C=O) groups excluding carboxylic acids is 1. The summed E-state index contributed by atoms with van der Waals surface area (Å²) in [6.45, 7) is 5.91. The van der Waals surface area contributed by atoms with E-state index in [0.717, 1.165) is 17.7 Å². The van der Waals surface area contributed by atoms with Crippen molar-refractivity contribution in [2.75, 3.05) is 0 Å². The zero-order valence-corrected chi connectivity index (χ0v) is 11.6. The van der Waals surface area contributed by atoms with Crippen molar-refractivity contribution in [3.8, 4) is 0 Å². The van der Waals surface area contributed by atoms with Gasteiger partial charge in [-0.15, -0.1) is 0 Å². The molecule has 0 spiro atoms. The molecule has 19 heavy (non-hydrogen) atoms. The summed E-state index contributed by atoms with van der Waals surface area (Å²) in [7, 11) is 0. The summed E-state index contributed by atoms with van der Waals surface area (Å²) in [4.78, 5) is 12.0. The summed E-state index contributed by atoms with van der Waals surface area (Å²) in [5.41, 5.74) is 2.39. The molecular weight excluding hydrogens is 238 g/mol. The second-order valence-corrected chi connectivity index (χ2v) is 4.70. The van der Waals surface area contributed by atoms with Crippen LogP contribution in [0.1, 0.15) is 47.3 Å². The van der Waals surface area contributed by atoms with Crippen LogP contribution in [0.15, 0.2) is 40.8 Å². The summed E-state index contributed by atoms with van der Waals surface area (Å²) in [6.07, 6.45) is 1.02. The van der Waals surface area contributed by atoms with Crippen LogP contribution in [-0.2, 0) is 6.42 Å². The highest BCUT2D eigenvalue weighted by Gasteiger charge is 2.14. The van der Waals surface area contributed by atoms with Gasteiger partial charge in [0.25, 0.3) is 5.91 Å². The minimum absolute atomic E-state index is 0.0381. The van der Waals surface area contributed by atoms with Crippen LogP contribution < -0.4 is 5.32 Å². The maximum atomic E-state index is 12.0. The molecule has 1 amide bonds. The highest BCUT2D eigenvalue weighted by molar-refractivity contribution is 5.91. The minimum atomic E-state index is -0.180. The number of hydrogen-bond acceptors (Lipinski definition) is 2. The van der Waals surface area contributed by atoms with E-state index >= 15 is 0 Å². The van der Waals surface area contributed by atoms with Gasteiger partial charge in [0.15, 0.2) is 5.76 Å². The monoisotopic (exact) mass is 257 g/mol. The first-order valence-electron chi connectivity index (χ1n) is 6.56. The summed E-state index contributed by atoms with van der Waals surface area (Å²) in [5.74, 6) is 0.916. The average Bonchev–Trinajstić information content (AvgIpc) is 2.85. The number of benzene rings is 1. The number of furan rings is 1. The van der Waals surface area contributed by atoms with E-state index in [0.29, 0.717) is 5.76 Å². The van der Waals surface area contributed by atoms with Crippen LogP contribution in [0.4, 0.5) is 0 Å². The Hall–Kier alpha value is -2.03. The zero-order valence-electron chi connectivity index (χ0n) is 11.6. The van der Waals surface area contributed by atoms with Crippen LogP contribution in [0.25, 0.3) is 0 Å². The molecule has 0 bridgehead atoms. The first-order chi connectivity index (χ1) is 9.10. The number of amides is 1. The smallest absolute Gasteiger partial charge is 0.287 e. The first-order valence-corrected chi connectivity index (χ1v) is 6.56. The Balaban J connectivity index is 2.03. The molecule has 1 aromatic carbocycles. The fourth-order valence-corrected chi connectivity index (χ4v) is 1.95. The molecule has 0 saturated carbocycles. The lowest BCUT2D eigenvalue weighted by molar-refractivity contribution is 0.0910. The number of rotatable bonds is 4. The predicted molar refractivity (Wildman–Crippen MR) is 75.1 cm³/mol. The third kappa shape index (κ3) is 3.25. The molecule has 1 N–H and O–H groups in total. The Bertz CT molecular complexity index is 554. The molecule has 0 aliphatic carbocycles. The highest BCUT2D eigenvalue weighted by atomic mass is 16.3. The Labute approximate surface area is 113 Å². The van der Waals surface area contributed by atoms with E-state index in [2.05, 4.69) is 36.5 Å². The van der Waals surface area contributed by atoms with Gasteiger partial charge in [-0.05, 0) is 43.5 Å². The van der Waals surface area contributed by atoms with Crippen LogP contribution >= 0.6 is 0 Å². The van der Waals surface area contributed by atoms with Crippen molar-refractivity contribution in [1.82, 2.24) is 5.32 Å². The van der Waals surface area contributed by atoms with Gasteiger partial charge in [0.2, 0.25) is 0 Å². The number of carbonyl (C=O) groups is 1. The van der Waals surface area contributed by atoms with Crippen LogP contribution in [-0.4, -0.2) is 5.91 Å². The van der Waals surface area contributed by atoms with Crippen molar-refractivity contribution < 1.29 is 9.21 Å². The third-order valence-electron chi connectivity index (χ3n) is 3.20. The Kier molecular flexibility index (Phi) is 4.05. The maximum Gasteiger partial charge on any atom is 0.287 e. The molecule has 2 rings (SSSR count). The molecule has 0 radical (unpaired) electrons. The van der Waals surface area contributed by atoms with Gasteiger partial charge >= 0.3 is 0 Å². The van der Waals surface area contributed by atoms with Crippen LogP contribution in [0.2, 0.25) is 0 Å². The molecule has 3 heteroatoms. The summed E-state index contributed by atoms with van der Waals surface area (Å²) >= 11 is 0. The van der Waals surface area contributed by atoms with Gasteiger partial charge in [-0.3, -0.25) is 4.79 Å². The zero-order chi connectivity index (χ0) is 13.8. The molecular formula is C16H19NO2. The topological polar surface area (TPSA) is 42.2 Å². The van der Waals surface area contributed by atoms with E-state index in [-0.39, 0.29) is 11.9 Å². The Morgan fingerprint density at radius 1 is 1.21 bits per heavy atom. The van der Waals surface area contributed by atoms with Gasteiger partial charge in [-0.1, -0.05) is 31.2 Å². The molecule has 1 atom stereocenters. The predicted octanol–water partition coefficient (Wildman–Crippen LogP) is 3.64. The van der Waals surface area contributed by atoms with Crippen molar-refractivity contribution in [3.63, 3.8) is 0 Å². The molecule has 100 valence electrons. The van der Waals surface area contributed by atoms with E-state index < -0.39 is 0 Å².